The molecule has 1 aliphatic heterocycles. The average Bonchev–Trinajstić information content (AvgIpc) is 2.82. The number of carboxylic acid groups (broad SMARTS) is 1. The Morgan fingerprint density at radius 3 is 2.67 bits per heavy atom. The van der Waals surface area contributed by atoms with Gasteiger partial charge in [-0.25, -0.2) is 0 Å². The van der Waals surface area contributed by atoms with Gasteiger partial charge in [-0.05, 0) is 30.4 Å². The van der Waals surface area contributed by atoms with Gasteiger partial charge in [0.25, 0.3) is 0 Å². The van der Waals surface area contributed by atoms with Gasteiger partial charge in [0.15, 0.2) is 0 Å². The minimum Gasteiger partial charge on any atom is -0.481 e. The van der Waals surface area contributed by atoms with Gasteiger partial charge in [0, 0.05) is 19.5 Å². The Balaban J connectivity index is 1.79. The highest BCUT2D eigenvalue weighted by Gasteiger charge is 2.24. The van der Waals surface area contributed by atoms with E-state index < -0.39 is 5.97 Å². The van der Waals surface area contributed by atoms with Gasteiger partial charge in [-0.3, -0.25) is 9.59 Å². The second-order valence-electron chi connectivity index (χ2n) is 4.73. The third kappa shape index (κ3) is 3.35. The quantitative estimate of drug-likeness (QED) is 0.881. The Morgan fingerprint density at radius 1 is 1.39 bits per heavy atom. The van der Waals surface area contributed by atoms with Crippen LogP contribution < -0.4 is 0 Å². The second-order valence-corrected chi connectivity index (χ2v) is 4.73. The number of aliphatic carboxylic acids is 1. The minimum absolute atomic E-state index is 0.0881. The van der Waals surface area contributed by atoms with E-state index in [-0.39, 0.29) is 18.2 Å². The van der Waals surface area contributed by atoms with Crippen molar-refractivity contribution >= 4 is 11.9 Å². The second kappa shape index (κ2) is 5.71. The molecule has 98 valence electrons. The minimum atomic E-state index is -0.752. The van der Waals surface area contributed by atoms with Crippen LogP contribution in [-0.2, 0) is 16.0 Å². The predicted octanol–water partition coefficient (Wildman–Crippen LogP) is 1.54. The lowest BCUT2D eigenvalue weighted by Gasteiger charge is -2.31. The van der Waals surface area contributed by atoms with Gasteiger partial charge in [-0.1, -0.05) is 0 Å². The summed E-state index contributed by atoms with van der Waals surface area (Å²) in [5.41, 5.74) is 0.882. The van der Waals surface area contributed by atoms with Crippen LogP contribution in [0.5, 0.6) is 0 Å². The number of hydrogen-bond acceptors (Lipinski definition) is 3. The molecule has 1 fully saturated rings. The summed E-state index contributed by atoms with van der Waals surface area (Å²) >= 11 is 0. The summed E-state index contributed by atoms with van der Waals surface area (Å²) in [6.07, 6.45) is 5.27. The number of furan rings is 1. The highest BCUT2D eigenvalue weighted by atomic mass is 16.4. The molecule has 2 rings (SSSR count). The Hall–Kier alpha value is -1.78. The first kappa shape index (κ1) is 12.7. The molecule has 1 aromatic heterocycles. The Bertz CT molecular complexity index is 405. The lowest BCUT2D eigenvalue weighted by Crippen LogP contribution is -2.39. The number of amides is 1. The van der Waals surface area contributed by atoms with Crippen LogP contribution in [-0.4, -0.2) is 35.0 Å². The van der Waals surface area contributed by atoms with Crippen molar-refractivity contribution in [2.24, 2.45) is 5.92 Å². The molecule has 0 radical (unpaired) electrons. The van der Waals surface area contributed by atoms with Gasteiger partial charge in [-0.15, -0.1) is 0 Å². The summed E-state index contributed by atoms with van der Waals surface area (Å²) in [5.74, 6) is -0.455. The van der Waals surface area contributed by atoms with Crippen LogP contribution in [0.2, 0.25) is 0 Å². The number of piperidine rings is 1. The molecule has 0 unspecified atom stereocenters. The standard InChI is InChI=1S/C13H17NO4/c15-12(7-11-3-6-18-9-11)14-4-1-10(2-5-14)8-13(16)17/h3,6,9-10H,1-2,4-5,7-8H2,(H,16,17). The number of rotatable bonds is 4. The molecule has 0 spiro atoms. The van der Waals surface area contributed by atoms with E-state index in [0.29, 0.717) is 19.5 Å². The fourth-order valence-corrected chi connectivity index (χ4v) is 2.31. The maximum atomic E-state index is 12.0. The molecule has 1 amide bonds. The van der Waals surface area contributed by atoms with Gasteiger partial charge in [0.1, 0.15) is 0 Å². The lowest BCUT2D eigenvalue weighted by molar-refractivity contribution is -0.138. The Morgan fingerprint density at radius 2 is 2.11 bits per heavy atom. The van der Waals surface area contributed by atoms with Gasteiger partial charge < -0.3 is 14.4 Å². The Kier molecular flexibility index (Phi) is 4.02. The van der Waals surface area contributed by atoms with Gasteiger partial charge in [0.2, 0.25) is 5.91 Å². The van der Waals surface area contributed by atoms with Crippen molar-refractivity contribution in [2.45, 2.75) is 25.7 Å². The smallest absolute Gasteiger partial charge is 0.303 e. The van der Waals surface area contributed by atoms with E-state index >= 15 is 0 Å². The fourth-order valence-electron chi connectivity index (χ4n) is 2.31. The summed E-state index contributed by atoms with van der Waals surface area (Å²) in [7, 11) is 0. The van der Waals surface area contributed by atoms with Crippen molar-refractivity contribution in [3.63, 3.8) is 0 Å². The van der Waals surface area contributed by atoms with Crippen molar-refractivity contribution in [1.82, 2.24) is 4.90 Å². The zero-order valence-electron chi connectivity index (χ0n) is 10.2. The number of likely N-dealkylation sites (tertiary alicyclic amines) is 1. The van der Waals surface area contributed by atoms with E-state index in [2.05, 4.69) is 0 Å². The molecular formula is C13H17NO4. The lowest BCUT2D eigenvalue weighted by atomic mass is 9.93. The van der Waals surface area contributed by atoms with Crippen LogP contribution in [0.1, 0.15) is 24.8 Å². The van der Waals surface area contributed by atoms with E-state index in [1.165, 1.54) is 0 Å². The third-order valence-electron chi connectivity index (χ3n) is 3.37. The highest BCUT2D eigenvalue weighted by molar-refractivity contribution is 5.78. The molecule has 0 aliphatic carbocycles. The van der Waals surface area contributed by atoms with E-state index in [1.54, 1.807) is 18.6 Å². The molecular weight excluding hydrogens is 234 g/mol. The van der Waals surface area contributed by atoms with E-state index in [9.17, 15) is 9.59 Å². The number of nitrogens with zero attached hydrogens (tertiary/aromatic N) is 1. The molecule has 5 heteroatoms. The van der Waals surface area contributed by atoms with E-state index in [0.717, 1.165) is 18.4 Å². The maximum absolute atomic E-state index is 12.0. The first-order chi connectivity index (χ1) is 8.65. The highest BCUT2D eigenvalue weighted by Crippen LogP contribution is 2.21. The monoisotopic (exact) mass is 251 g/mol. The molecule has 0 aromatic carbocycles. The zero-order valence-corrected chi connectivity index (χ0v) is 10.2. The van der Waals surface area contributed by atoms with Crippen LogP contribution in [0.3, 0.4) is 0 Å². The van der Waals surface area contributed by atoms with Crippen LogP contribution in [0.4, 0.5) is 0 Å². The van der Waals surface area contributed by atoms with Crippen molar-refractivity contribution in [3.05, 3.63) is 24.2 Å². The molecule has 2 heterocycles. The van der Waals surface area contributed by atoms with Crippen molar-refractivity contribution in [3.8, 4) is 0 Å². The van der Waals surface area contributed by atoms with E-state index in [4.69, 9.17) is 9.52 Å². The molecule has 5 nitrogen and oxygen atoms in total. The normalized spacial score (nSPS) is 16.8. The fraction of sp³-hybridized carbons (Fsp3) is 0.538. The molecule has 1 aromatic rings. The van der Waals surface area contributed by atoms with Crippen molar-refractivity contribution < 1.29 is 19.1 Å². The summed E-state index contributed by atoms with van der Waals surface area (Å²) in [5, 5.41) is 8.72. The predicted molar refractivity (Wildman–Crippen MR) is 64.0 cm³/mol. The molecule has 1 saturated heterocycles. The van der Waals surface area contributed by atoms with Gasteiger partial charge >= 0.3 is 5.97 Å². The molecule has 1 aliphatic rings. The number of carbonyl (C=O) groups is 2. The Labute approximate surface area is 105 Å². The summed E-state index contributed by atoms with van der Waals surface area (Å²) in [4.78, 5) is 24.4. The molecule has 0 atom stereocenters. The first-order valence-electron chi connectivity index (χ1n) is 6.16. The van der Waals surface area contributed by atoms with Crippen LogP contribution in [0.15, 0.2) is 23.0 Å². The molecule has 0 saturated carbocycles. The topological polar surface area (TPSA) is 70.8 Å². The average molecular weight is 251 g/mol. The first-order valence-corrected chi connectivity index (χ1v) is 6.16. The van der Waals surface area contributed by atoms with Crippen molar-refractivity contribution in [1.29, 1.82) is 0 Å². The zero-order chi connectivity index (χ0) is 13.0. The molecule has 0 bridgehead atoms. The number of hydrogen-bond donors (Lipinski definition) is 1. The van der Waals surface area contributed by atoms with Crippen LogP contribution >= 0.6 is 0 Å². The molecule has 18 heavy (non-hydrogen) atoms. The summed E-state index contributed by atoms with van der Waals surface area (Å²) in [6.45, 7) is 1.32. The number of carbonyl (C=O) groups excluding carboxylic acids is 1. The number of carboxylic acids is 1. The SMILES string of the molecule is O=C(O)CC1CCN(C(=O)Cc2ccoc2)CC1. The summed E-state index contributed by atoms with van der Waals surface area (Å²) < 4.78 is 4.93. The van der Waals surface area contributed by atoms with Gasteiger partial charge in [-0.2, -0.15) is 0 Å². The van der Waals surface area contributed by atoms with Crippen LogP contribution in [0.25, 0.3) is 0 Å². The van der Waals surface area contributed by atoms with E-state index in [1.807, 2.05) is 4.90 Å². The summed E-state index contributed by atoms with van der Waals surface area (Å²) in [6, 6.07) is 1.79. The van der Waals surface area contributed by atoms with Gasteiger partial charge in [0.05, 0.1) is 18.9 Å². The van der Waals surface area contributed by atoms with Crippen molar-refractivity contribution in [2.75, 3.05) is 13.1 Å². The third-order valence-corrected chi connectivity index (χ3v) is 3.37. The molecule has 1 N–H and O–H groups in total. The van der Waals surface area contributed by atoms with Crippen LogP contribution in [0, 0.1) is 5.92 Å². The maximum Gasteiger partial charge on any atom is 0.303 e. The largest absolute Gasteiger partial charge is 0.481 e.